The lowest BCUT2D eigenvalue weighted by Crippen LogP contribution is -2.51. The molecular formula is C26H34N4O3. The van der Waals surface area contributed by atoms with Gasteiger partial charge < -0.3 is 15.5 Å². The maximum atomic E-state index is 12.9. The van der Waals surface area contributed by atoms with Gasteiger partial charge in [-0.15, -0.1) is 0 Å². The summed E-state index contributed by atoms with van der Waals surface area (Å²) in [6.07, 6.45) is 0.218. The first kappa shape index (κ1) is 24.5. The summed E-state index contributed by atoms with van der Waals surface area (Å²) in [6, 6.07) is 13.4. The molecule has 0 radical (unpaired) electrons. The van der Waals surface area contributed by atoms with Gasteiger partial charge in [0.15, 0.2) is 0 Å². The van der Waals surface area contributed by atoms with Gasteiger partial charge in [-0.25, -0.2) is 0 Å². The summed E-state index contributed by atoms with van der Waals surface area (Å²) in [6.45, 7) is 10.2. The van der Waals surface area contributed by atoms with Crippen LogP contribution in [0.3, 0.4) is 0 Å². The average Bonchev–Trinajstić information content (AvgIpc) is 2.77. The first-order valence-electron chi connectivity index (χ1n) is 11.4. The zero-order valence-corrected chi connectivity index (χ0v) is 20.0. The van der Waals surface area contributed by atoms with Crippen LogP contribution in [0, 0.1) is 20.8 Å². The number of rotatable bonds is 7. The molecule has 176 valence electrons. The zero-order chi connectivity index (χ0) is 24.0. The summed E-state index contributed by atoms with van der Waals surface area (Å²) in [5.41, 5.74) is 5.11. The van der Waals surface area contributed by atoms with Crippen molar-refractivity contribution >= 4 is 23.4 Å². The minimum atomic E-state index is -0.350. The van der Waals surface area contributed by atoms with E-state index in [0.29, 0.717) is 32.7 Å². The van der Waals surface area contributed by atoms with Crippen LogP contribution in [-0.4, -0.2) is 60.2 Å². The molecule has 7 nitrogen and oxygen atoms in total. The molecule has 2 N–H and O–H groups in total. The van der Waals surface area contributed by atoms with Gasteiger partial charge in [-0.2, -0.15) is 0 Å². The number of amides is 3. The highest BCUT2D eigenvalue weighted by Gasteiger charge is 2.25. The molecule has 33 heavy (non-hydrogen) atoms. The van der Waals surface area contributed by atoms with Crippen LogP contribution >= 0.6 is 0 Å². The predicted molar refractivity (Wildman–Crippen MR) is 130 cm³/mol. The molecule has 1 aliphatic heterocycles. The number of benzene rings is 2. The SMILES string of the molecule is CC(=O)N[C@@H](CC(=O)N1CCN(CC(=O)Nc2cccc(C)c2C)CC1)c1ccc(C)cc1. The molecule has 0 spiro atoms. The fraction of sp³-hybridized carbons (Fsp3) is 0.423. The van der Waals surface area contributed by atoms with Gasteiger partial charge in [0.1, 0.15) is 0 Å². The van der Waals surface area contributed by atoms with E-state index < -0.39 is 0 Å². The van der Waals surface area contributed by atoms with E-state index in [4.69, 9.17) is 0 Å². The largest absolute Gasteiger partial charge is 0.349 e. The molecule has 1 heterocycles. The Hall–Kier alpha value is -3.19. The second-order valence-electron chi connectivity index (χ2n) is 8.82. The summed E-state index contributed by atoms with van der Waals surface area (Å²) < 4.78 is 0. The lowest BCUT2D eigenvalue weighted by molar-refractivity contribution is -0.133. The molecule has 0 bridgehead atoms. The monoisotopic (exact) mass is 450 g/mol. The van der Waals surface area contributed by atoms with Crippen LogP contribution in [0.1, 0.15) is 41.6 Å². The zero-order valence-electron chi connectivity index (χ0n) is 20.0. The Balaban J connectivity index is 1.51. The summed E-state index contributed by atoms with van der Waals surface area (Å²) in [5, 5.41) is 5.90. The van der Waals surface area contributed by atoms with Crippen LogP contribution in [0.15, 0.2) is 42.5 Å². The Morgan fingerprint density at radius 2 is 1.61 bits per heavy atom. The van der Waals surface area contributed by atoms with Crippen molar-refractivity contribution in [2.24, 2.45) is 0 Å². The Morgan fingerprint density at radius 3 is 2.24 bits per heavy atom. The molecule has 2 aromatic carbocycles. The van der Waals surface area contributed by atoms with E-state index >= 15 is 0 Å². The Morgan fingerprint density at radius 1 is 0.939 bits per heavy atom. The lowest BCUT2D eigenvalue weighted by Gasteiger charge is -2.35. The van der Waals surface area contributed by atoms with Crippen molar-refractivity contribution in [3.8, 4) is 0 Å². The maximum Gasteiger partial charge on any atom is 0.238 e. The van der Waals surface area contributed by atoms with Crippen LogP contribution in [0.5, 0.6) is 0 Å². The number of carbonyl (C=O) groups excluding carboxylic acids is 3. The summed E-state index contributed by atoms with van der Waals surface area (Å²) >= 11 is 0. The standard InChI is InChI=1S/C26H34N4O3/c1-18-8-10-22(11-9-18)24(27-21(4)31)16-26(33)30-14-12-29(13-15-30)17-25(32)28-23-7-5-6-19(2)20(23)3/h5-11,24H,12-17H2,1-4H3,(H,27,31)(H,28,32)/t24-/m0/s1. The van der Waals surface area contributed by atoms with Crippen molar-refractivity contribution in [1.29, 1.82) is 0 Å². The summed E-state index contributed by atoms with van der Waals surface area (Å²) in [5.74, 6) is -0.199. The molecule has 0 saturated carbocycles. The van der Waals surface area contributed by atoms with Gasteiger partial charge in [0.2, 0.25) is 17.7 Å². The lowest BCUT2D eigenvalue weighted by atomic mass is 10.0. The Kier molecular flexibility index (Phi) is 8.22. The van der Waals surface area contributed by atoms with Crippen molar-refractivity contribution < 1.29 is 14.4 Å². The maximum absolute atomic E-state index is 12.9. The van der Waals surface area contributed by atoms with E-state index in [1.54, 1.807) is 0 Å². The first-order chi connectivity index (χ1) is 15.7. The molecule has 1 atom stereocenters. The Labute approximate surface area is 196 Å². The van der Waals surface area contributed by atoms with Crippen molar-refractivity contribution in [2.45, 2.75) is 40.2 Å². The minimum Gasteiger partial charge on any atom is -0.349 e. The predicted octanol–water partition coefficient (Wildman–Crippen LogP) is 2.96. The highest BCUT2D eigenvalue weighted by atomic mass is 16.2. The van der Waals surface area contributed by atoms with Crippen molar-refractivity contribution in [3.05, 3.63) is 64.7 Å². The number of hydrogen-bond donors (Lipinski definition) is 2. The van der Waals surface area contributed by atoms with Gasteiger partial charge in [-0.05, 0) is 43.5 Å². The van der Waals surface area contributed by atoms with Crippen LogP contribution in [0.25, 0.3) is 0 Å². The van der Waals surface area contributed by atoms with E-state index in [0.717, 1.165) is 27.9 Å². The average molecular weight is 451 g/mol. The van der Waals surface area contributed by atoms with E-state index in [1.807, 2.05) is 68.1 Å². The first-order valence-corrected chi connectivity index (χ1v) is 11.4. The molecule has 0 aromatic heterocycles. The van der Waals surface area contributed by atoms with Gasteiger partial charge in [-0.3, -0.25) is 19.3 Å². The molecule has 1 aliphatic rings. The molecule has 7 heteroatoms. The van der Waals surface area contributed by atoms with Gasteiger partial charge in [0.05, 0.1) is 19.0 Å². The fourth-order valence-corrected chi connectivity index (χ4v) is 4.03. The molecule has 0 unspecified atom stereocenters. The van der Waals surface area contributed by atoms with Gasteiger partial charge in [0.25, 0.3) is 0 Å². The third kappa shape index (κ3) is 6.89. The van der Waals surface area contributed by atoms with Gasteiger partial charge >= 0.3 is 0 Å². The van der Waals surface area contributed by atoms with Crippen molar-refractivity contribution in [1.82, 2.24) is 15.1 Å². The molecule has 0 aliphatic carbocycles. The van der Waals surface area contributed by atoms with E-state index in [2.05, 4.69) is 15.5 Å². The highest BCUT2D eigenvalue weighted by molar-refractivity contribution is 5.93. The molecule has 3 amide bonds. The molecule has 3 rings (SSSR count). The second-order valence-corrected chi connectivity index (χ2v) is 8.82. The highest BCUT2D eigenvalue weighted by Crippen LogP contribution is 2.20. The van der Waals surface area contributed by atoms with E-state index in [-0.39, 0.29) is 30.2 Å². The van der Waals surface area contributed by atoms with Crippen molar-refractivity contribution in [3.63, 3.8) is 0 Å². The molecule has 1 fully saturated rings. The number of carbonyl (C=O) groups is 3. The Bertz CT molecular complexity index is 995. The van der Waals surface area contributed by atoms with Gasteiger partial charge in [-0.1, -0.05) is 42.0 Å². The molecular weight excluding hydrogens is 416 g/mol. The number of piperazine rings is 1. The third-order valence-corrected chi connectivity index (χ3v) is 6.21. The topological polar surface area (TPSA) is 81.8 Å². The molecule has 2 aromatic rings. The normalized spacial score (nSPS) is 15.1. The smallest absolute Gasteiger partial charge is 0.238 e. The number of anilines is 1. The second kappa shape index (κ2) is 11.1. The van der Waals surface area contributed by atoms with E-state index in [1.165, 1.54) is 6.92 Å². The van der Waals surface area contributed by atoms with Crippen LogP contribution in [0.2, 0.25) is 0 Å². The van der Waals surface area contributed by atoms with Gasteiger partial charge in [0, 0.05) is 38.8 Å². The van der Waals surface area contributed by atoms with Crippen LogP contribution in [0.4, 0.5) is 5.69 Å². The number of hydrogen-bond acceptors (Lipinski definition) is 4. The van der Waals surface area contributed by atoms with Crippen LogP contribution < -0.4 is 10.6 Å². The van der Waals surface area contributed by atoms with Crippen molar-refractivity contribution in [2.75, 3.05) is 38.0 Å². The number of nitrogens with one attached hydrogen (secondary N) is 2. The van der Waals surface area contributed by atoms with E-state index in [9.17, 15) is 14.4 Å². The number of nitrogens with zero attached hydrogens (tertiary/aromatic N) is 2. The fourth-order valence-electron chi connectivity index (χ4n) is 4.03. The van der Waals surface area contributed by atoms with Crippen LogP contribution in [-0.2, 0) is 14.4 Å². The summed E-state index contributed by atoms with van der Waals surface area (Å²) in [4.78, 5) is 41.0. The summed E-state index contributed by atoms with van der Waals surface area (Å²) in [7, 11) is 0. The third-order valence-electron chi connectivity index (χ3n) is 6.21. The number of aryl methyl sites for hydroxylation is 2. The quantitative estimate of drug-likeness (QED) is 0.680. The molecule has 1 saturated heterocycles. The minimum absolute atomic E-state index is 0.00816.